The zero-order valence-electron chi connectivity index (χ0n) is 14.5. The maximum absolute atomic E-state index is 11.9. The van der Waals surface area contributed by atoms with Crippen LogP contribution in [0.5, 0.6) is 0 Å². The summed E-state index contributed by atoms with van der Waals surface area (Å²) in [6.07, 6.45) is 0. The highest BCUT2D eigenvalue weighted by Crippen LogP contribution is 2.32. The zero-order valence-corrected chi connectivity index (χ0v) is 16.0. The molecule has 1 heterocycles. The second kappa shape index (κ2) is 7.85. The minimum Gasteiger partial charge on any atom is -0.294 e. The monoisotopic (exact) mass is 399 g/mol. The van der Waals surface area contributed by atoms with Gasteiger partial charge in [-0.05, 0) is 49.9 Å². The van der Waals surface area contributed by atoms with E-state index in [0.717, 1.165) is 17.0 Å². The number of non-ortho nitro benzene ring substituents is 1. The van der Waals surface area contributed by atoms with Gasteiger partial charge in [0, 0.05) is 38.9 Å². The summed E-state index contributed by atoms with van der Waals surface area (Å²) in [5.41, 5.74) is 2.53. The molecule has 3 aromatic rings. The Morgan fingerprint density at radius 3 is 2.44 bits per heavy atom. The number of halogens is 1. The first kappa shape index (κ1) is 19.0. The van der Waals surface area contributed by atoms with E-state index in [1.165, 1.54) is 30.8 Å². The molecule has 136 valence electrons. The standard InChI is InChI=1S/C19H14ClN3O3S/c1-11-9-17(13-3-5-14(20)6-4-13)22-19(21-11)27-18-8-7-15(23(25)26)10-16(18)12(2)24/h3-10H,1-2H3. The van der Waals surface area contributed by atoms with Crippen LogP contribution in [0.2, 0.25) is 5.02 Å². The van der Waals surface area contributed by atoms with Gasteiger partial charge in [0.15, 0.2) is 10.9 Å². The topological polar surface area (TPSA) is 86.0 Å². The van der Waals surface area contributed by atoms with Crippen LogP contribution >= 0.6 is 23.4 Å². The highest BCUT2D eigenvalue weighted by atomic mass is 35.5. The van der Waals surface area contributed by atoms with Crippen molar-refractivity contribution in [2.45, 2.75) is 23.9 Å². The number of rotatable bonds is 5. The molecule has 8 heteroatoms. The maximum atomic E-state index is 11.9. The quantitative estimate of drug-likeness (QED) is 0.248. The van der Waals surface area contributed by atoms with E-state index in [4.69, 9.17) is 11.6 Å². The number of aromatic nitrogens is 2. The van der Waals surface area contributed by atoms with Crippen molar-refractivity contribution in [2.24, 2.45) is 0 Å². The number of Topliss-reactive ketones (excluding diaryl/α,β-unsaturated/α-hetero) is 1. The van der Waals surface area contributed by atoms with Crippen LogP contribution in [0.25, 0.3) is 11.3 Å². The Labute approximate surface area is 164 Å². The SMILES string of the molecule is CC(=O)c1cc([N+](=O)[O-])ccc1Sc1nc(C)cc(-c2ccc(Cl)cc2)n1. The Balaban J connectivity index is 2.00. The smallest absolute Gasteiger partial charge is 0.270 e. The van der Waals surface area contributed by atoms with Gasteiger partial charge in [0.05, 0.1) is 10.6 Å². The molecular weight excluding hydrogens is 386 g/mol. The molecule has 2 aromatic carbocycles. The average Bonchev–Trinajstić information content (AvgIpc) is 2.61. The number of ketones is 1. The summed E-state index contributed by atoms with van der Waals surface area (Å²) < 4.78 is 0. The van der Waals surface area contributed by atoms with Crippen LogP contribution < -0.4 is 0 Å². The van der Waals surface area contributed by atoms with Gasteiger partial charge in [-0.1, -0.05) is 23.7 Å². The van der Waals surface area contributed by atoms with Crippen molar-refractivity contribution < 1.29 is 9.72 Å². The predicted octanol–water partition coefficient (Wildman–Crippen LogP) is 5.37. The first-order valence-corrected chi connectivity index (χ1v) is 9.12. The minimum atomic E-state index is -0.525. The van der Waals surface area contributed by atoms with E-state index >= 15 is 0 Å². The lowest BCUT2D eigenvalue weighted by molar-refractivity contribution is -0.384. The molecule has 3 rings (SSSR count). The molecule has 0 unspecified atom stereocenters. The van der Waals surface area contributed by atoms with Crippen LogP contribution in [-0.2, 0) is 0 Å². The summed E-state index contributed by atoms with van der Waals surface area (Å²) in [4.78, 5) is 31.9. The molecule has 0 radical (unpaired) electrons. The number of nitro benzene ring substituents is 1. The molecule has 0 atom stereocenters. The molecule has 0 saturated carbocycles. The van der Waals surface area contributed by atoms with Gasteiger partial charge in [0.25, 0.3) is 5.69 Å². The number of benzene rings is 2. The van der Waals surface area contributed by atoms with Crippen molar-refractivity contribution in [3.05, 3.63) is 74.9 Å². The number of carbonyl (C=O) groups is 1. The summed E-state index contributed by atoms with van der Waals surface area (Å²) in [5.74, 6) is -0.258. The zero-order chi connectivity index (χ0) is 19.6. The number of hydrogen-bond acceptors (Lipinski definition) is 6. The Kier molecular flexibility index (Phi) is 5.53. The second-order valence-corrected chi connectivity index (χ2v) is 7.23. The second-order valence-electron chi connectivity index (χ2n) is 5.78. The summed E-state index contributed by atoms with van der Waals surface area (Å²) >= 11 is 7.13. The van der Waals surface area contributed by atoms with Crippen molar-refractivity contribution in [3.63, 3.8) is 0 Å². The number of nitro groups is 1. The van der Waals surface area contributed by atoms with Crippen LogP contribution in [0.4, 0.5) is 5.69 Å². The van der Waals surface area contributed by atoms with Gasteiger partial charge in [0.2, 0.25) is 0 Å². The first-order valence-electron chi connectivity index (χ1n) is 7.92. The Hall–Kier alpha value is -2.77. The number of nitrogens with zero attached hydrogens (tertiary/aromatic N) is 3. The van der Waals surface area contributed by atoms with Gasteiger partial charge in [-0.2, -0.15) is 0 Å². The van der Waals surface area contributed by atoms with E-state index in [0.29, 0.717) is 15.1 Å². The third-order valence-electron chi connectivity index (χ3n) is 3.73. The molecule has 0 bridgehead atoms. The van der Waals surface area contributed by atoms with Crippen LogP contribution in [0.15, 0.2) is 58.6 Å². The lowest BCUT2D eigenvalue weighted by atomic mass is 10.1. The van der Waals surface area contributed by atoms with Gasteiger partial charge in [-0.3, -0.25) is 14.9 Å². The molecule has 0 N–H and O–H groups in total. The van der Waals surface area contributed by atoms with E-state index in [1.54, 1.807) is 18.2 Å². The molecule has 0 aliphatic rings. The molecule has 0 saturated heterocycles. The number of carbonyl (C=O) groups excluding carboxylic acids is 1. The van der Waals surface area contributed by atoms with E-state index in [1.807, 2.05) is 25.1 Å². The Bertz CT molecular complexity index is 1040. The van der Waals surface area contributed by atoms with Crippen molar-refractivity contribution in [3.8, 4) is 11.3 Å². The van der Waals surface area contributed by atoms with E-state index < -0.39 is 4.92 Å². The van der Waals surface area contributed by atoms with Gasteiger partial charge < -0.3 is 0 Å². The fourth-order valence-electron chi connectivity index (χ4n) is 2.45. The summed E-state index contributed by atoms with van der Waals surface area (Å²) in [5, 5.41) is 12.1. The normalized spacial score (nSPS) is 10.6. The molecule has 0 spiro atoms. The minimum absolute atomic E-state index is 0.128. The van der Waals surface area contributed by atoms with Gasteiger partial charge in [-0.15, -0.1) is 0 Å². The Morgan fingerprint density at radius 2 is 1.81 bits per heavy atom. The Morgan fingerprint density at radius 1 is 1.11 bits per heavy atom. The molecule has 0 aliphatic carbocycles. The molecule has 1 aromatic heterocycles. The fraction of sp³-hybridized carbons (Fsp3) is 0.105. The largest absolute Gasteiger partial charge is 0.294 e. The van der Waals surface area contributed by atoms with Crippen molar-refractivity contribution in [2.75, 3.05) is 0 Å². The summed E-state index contributed by atoms with van der Waals surface area (Å²) in [7, 11) is 0. The summed E-state index contributed by atoms with van der Waals surface area (Å²) in [6, 6.07) is 13.3. The van der Waals surface area contributed by atoms with Gasteiger partial charge >= 0.3 is 0 Å². The highest BCUT2D eigenvalue weighted by Gasteiger charge is 2.16. The van der Waals surface area contributed by atoms with Gasteiger partial charge in [0.1, 0.15) is 0 Å². The van der Waals surface area contributed by atoms with Crippen LogP contribution in [0.1, 0.15) is 23.0 Å². The van der Waals surface area contributed by atoms with Gasteiger partial charge in [-0.25, -0.2) is 9.97 Å². The molecule has 0 aliphatic heterocycles. The van der Waals surface area contributed by atoms with Crippen molar-refractivity contribution in [1.82, 2.24) is 9.97 Å². The highest BCUT2D eigenvalue weighted by molar-refractivity contribution is 7.99. The van der Waals surface area contributed by atoms with Crippen molar-refractivity contribution >= 4 is 34.8 Å². The van der Waals surface area contributed by atoms with Crippen molar-refractivity contribution in [1.29, 1.82) is 0 Å². The lowest BCUT2D eigenvalue weighted by Gasteiger charge is -2.08. The molecule has 0 fully saturated rings. The molecule has 27 heavy (non-hydrogen) atoms. The first-order chi connectivity index (χ1) is 12.8. The predicted molar refractivity (Wildman–Crippen MR) is 104 cm³/mol. The lowest BCUT2D eigenvalue weighted by Crippen LogP contribution is -1.99. The van der Waals surface area contributed by atoms with E-state index in [9.17, 15) is 14.9 Å². The number of aryl methyl sites for hydroxylation is 1. The van der Waals surface area contributed by atoms with Crippen LogP contribution in [0.3, 0.4) is 0 Å². The third kappa shape index (κ3) is 4.50. The van der Waals surface area contributed by atoms with Crippen LogP contribution in [-0.4, -0.2) is 20.7 Å². The van der Waals surface area contributed by atoms with Crippen LogP contribution in [0, 0.1) is 17.0 Å². The fourth-order valence-corrected chi connectivity index (χ4v) is 3.55. The molecule has 6 nitrogen and oxygen atoms in total. The third-order valence-corrected chi connectivity index (χ3v) is 4.92. The molecule has 0 amide bonds. The van der Waals surface area contributed by atoms with E-state index in [-0.39, 0.29) is 17.0 Å². The molecular formula is C19H14ClN3O3S. The van der Waals surface area contributed by atoms with E-state index in [2.05, 4.69) is 9.97 Å². The number of hydrogen-bond donors (Lipinski definition) is 0. The summed E-state index contributed by atoms with van der Waals surface area (Å²) in [6.45, 7) is 3.23. The maximum Gasteiger partial charge on any atom is 0.270 e. The average molecular weight is 400 g/mol.